The van der Waals surface area contributed by atoms with Gasteiger partial charge in [-0.3, -0.25) is 4.79 Å². The number of alkyl halides is 3. The van der Waals surface area contributed by atoms with Crippen LogP contribution in [0.5, 0.6) is 0 Å². The van der Waals surface area contributed by atoms with Crippen molar-refractivity contribution in [3.63, 3.8) is 0 Å². The number of hydrogen-bond donors (Lipinski definition) is 2. The standard InChI is InChI=1S/C31H27F4NO5S/c1-40-28(27-14-13-26(41-27)18-7-10-20(32)11-8-18)19-9-12-22(29(37)36-25(30(38)39)15-16-42-2)23(17-19)21-5-3-4-6-24(21)31(33,34)35/h3-14,17,25,28H,15-16H2,1-2H3,(H,36,37)(H,38,39). The van der Waals surface area contributed by atoms with Gasteiger partial charge in [0, 0.05) is 18.2 Å². The molecule has 42 heavy (non-hydrogen) atoms. The number of aliphatic carboxylic acids is 1. The summed E-state index contributed by atoms with van der Waals surface area (Å²) in [6.07, 6.45) is -3.68. The number of hydrogen-bond acceptors (Lipinski definition) is 5. The lowest BCUT2D eigenvalue weighted by molar-refractivity contribution is -0.139. The Morgan fingerprint density at radius 2 is 1.71 bits per heavy atom. The Kier molecular flexibility index (Phi) is 9.74. The number of ether oxygens (including phenoxy) is 1. The Balaban J connectivity index is 1.80. The minimum Gasteiger partial charge on any atom is -0.480 e. The zero-order valence-corrected chi connectivity index (χ0v) is 23.4. The van der Waals surface area contributed by atoms with Crippen molar-refractivity contribution in [3.8, 4) is 22.5 Å². The number of rotatable bonds is 11. The van der Waals surface area contributed by atoms with Crippen LogP contribution in [0.2, 0.25) is 0 Å². The van der Waals surface area contributed by atoms with Gasteiger partial charge in [0.1, 0.15) is 29.5 Å². The van der Waals surface area contributed by atoms with Gasteiger partial charge in [-0.25, -0.2) is 9.18 Å². The maximum Gasteiger partial charge on any atom is 0.417 e. The van der Waals surface area contributed by atoms with Crippen molar-refractivity contribution in [2.75, 3.05) is 19.1 Å². The summed E-state index contributed by atoms with van der Waals surface area (Å²) in [7, 11) is 1.40. The topological polar surface area (TPSA) is 88.8 Å². The molecule has 0 aliphatic rings. The minimum atomic E-state index is -4.73. The zero-order valence-electron chi connectivity index (χ0n) is 22.6. The van der Waals surface area contributed by atoms with E-state index in [4.69, 9.17) is 9.15 Å². The molecule has 4 aromatic rings. The lowest BCUT2D eigenvalue weighted by Gasteiger charge is -2.20. The van der Waals surface area contributed by atoms with Crippen LogP contribution in [0.25, 0.3) is 22.5 Å². The summed E-state index contributed by atoms with van der Waals surface area (Å²) in [4.78, 5) is 25.1. The Labute approximate surface area is 243 Å². The van der Waals surface area contributed by atoms with Crippen molar-refractivity contribution in [2.45, 2.75) is 24.7 Å². The molecule has 1 aromatic heterocycles. The summed E-state index contributed by atoms with van der Waals surface area (Å²) in [6.45, 7) is 0. The summed E-state index contributed by atoms with van der Waals surface area (Å²) < 4.78 is 67.2. The van der Waals surface area contributed by atoms with E-state index < -0.39 is 41.6 Å². The number of methoxy groups -OCH3 is 1. The van der Waals surface area contributed by atoms with Crippen LogP contribution in [0.1, 0.15) is 39.8 Å². The maximum atomic E-state index is 14.1. The van der Waals surface area contributed by atoms with Crippen molar-refractivity contribution in [2.24, 2.45) is 0 Å². The lowest BCUT2D eigenvalue weighted by Crippen LogP contribution is -2.41. The molecular weight excluding hydrogens is 574 g/mol. The first-order valence-corrected chi connectivity index (χ1v) is 14.1. The van der Waals surface area contributed by atoms with Crippen LogP contribution in [-0.4, -0.2) is 42.1 Å². The van der Waals surface area contributed by atoms with Crippen LogP contribution in [0.15, 0.2) is 83.3 Å². The van der Waals surface area contributed by atoms with Gasteiger partial charge >= 0.3 is 12.1 Å². The van der Waals surface area contributed by atoms with E-state index in [1.807, 2.05) is 0 Å². The van der Waals surface area contributed by atoms with Crippen molar-refractivity contribution < 1.29 is 41.4 Å². The van der Waals surface area contributed by atoms with Gasteiger partial charge in [-0.15, -0.1) is 0 Å². The normalized spacial score (nSPS) is 13.0. The van der Waals surface area contributed by atoms with Crippen LogP contribution in [0.4, 0.5) is 17.6 Å². The van der Waals surface area contributed by atoms with Gasteiger partial charge in [0.25, 0.3) is 5.91 Å². The minimum absolute atomic E-state index is 0.0562. The van der Waals surface area contributed by atoms with Crippen molar-refractivity contribution in [3.05, 3.63) is 107 Å². The highest BCUT2D eigenvalue weighted by Gasteiger charge is 2.35. The van der Waals surface area contributed by atoms with Gasteiger partial charge in [0.2, 0.25) is 0 Å². The highest BCUT2D eigenvalue weighted by molar-refractivity contribution is 7.98. The fourth-order valence-corrected chi connectivity index (χ4v) is 4.99. The first kappa shape index (κ1) is 30.9. The quantitative estimate of drug-likeness (QED) is 0.174. The van der Waals surface area contributed by atoms with Gasteiger partial charge < -0.3 is 19.6 Å². The van der Waals surface area contributed by atoms with E-state index in [2.05, 4.69) is 5.32 Å². The molecule has 3 aromatic carbocycles. The Hall–Kier alpha value is -4.09. The average molecular weight is 602 g/mol. The van der Waals surface area contributed by atoms with E-state index in [1.165, 1.54) is 67.4 Å². The molecule has 2 unspecified atom stereocenters. The number of carbonyl (C=O) groups excluding carboxylic acids is 1. The predicted molar refractivity (Wildman–Crippen MR) is 152 cm³/mol. The van der Waals surface area contributed by atoms with Crippen LogP contribution in [0.3, 0.4) is 0 Å². The third-order valence-corrected chi connectivity index (χ3v) is 7.22. The molecule has 4 rings (SSSR count). The molecule has 6 nitrogen and oxygen atoms in total. The molecule has 1 amide bonds. The fourth-order valence-electron chi connectivity index (χ4n) is 4.52. The number of thioether (sulfide) groups is 1. The first-order chi connectivity index (χ1) is 20.0. The highest BCUT2D eigenvalue weighted by Crippen LogP contribution is 2.40. The molecule has 0 spiro atoms. The van der Waals surface area contributed by atoms with Crippen LogP contribution < -0.4 is 5.32 Å². The van der Waals surface area contributed by atoms with Crippen LogP contribution in [0, 0.1) is 5.82 Å². The summed E-state index contributed by atoms with van der Waals surface area (Å²) >= 11 is 1.40. The molecule has 220 valence electrons. The molecule has 0 saturated carbocycles. The third kappa shape index (κ3) is 7.03. The molecule has 11 heteroatoms. The smallest absolute Gasteiger partial charge is 0.417 e. The number of carboxylic acids is 1. The zero-order chi connectivity index (χ0) is 30.4. The third-order valence-electron chi connectivity index (χ3n) is 6.58. The largest absolute Gasteiger partial charge is 0.480 e. The SMILES string of the molecule is COC(c1ccc(C(=O)NC(CCSC)C(=O)O)c(-c2ccccc2C(F)(F)F)c1)c1ccc(-c2ccc(F)cc2)o1. The van der Waals surface area contributed by atoms with E-state index in [0.717, 1.165) is 6.07 Å². The molecule has 0 bridgehead atoms. The Morgan fingerprint density at radius 1 is 1.00 bits per heavy atom. The number of halogens is 4. The van der Waals surface area contributed by atoms with E-state index in [1.54, 1.807) is 30.5 Å². The number of carboxylic acid groups (broad SMARTS) is 1. The molecule has 0 fully saturated rings. The summed E-state index contributed by atoms with van der Waals surface area (Å²) in [5, 5.41) is 12.0. The van der Waals surface area contributed by atoms with Crippen LogP contribution in [-0.2, 0) is 15.7 Å². The van der Waals surface area contributed by atoms with E-state index >= 15 is 0 Å². The molecule has 0 aliphatic heterocycles. The molecule has 1 heterocycles. The molecule has 0 radical (unpaired) electrons. The second kappa shape index (κ2) is 13.3. The second-order valence-corrected chi connectivity index (χ2v) is 10.3. The summed E-state index contributed by atoms with van der Waals surface area (Å²) in [6, 6.07) is 16.8. The maximum absolute atomic E-state index is 14.1. The molecule has 0 aliphatic carbocycles. The van der Waals surface area contributed by atoms with Crippen molar-refractivity contribution in [1.29, 1.82) is 0 Å². The van der Waals surface area contributed by atoms with Gasteiger partial charge in [0.15, 0.2) is 0 Å². The summed E-state index contributed by atoms with van der Waals surface area (Å²) in [5.41, 5.74) is -0.406. The molecule has 2 N–H and O–H groups in total. The fraction of sp³-hybridized carbons (Fsp3) is 0.226. The number of nitrogens with one attached hydrogen (secondary N) is 1. The van der Waals surface area contributed by atoms with Gasteiger partial charge in [-0.1, -0.05) is 24.3 Å². The number of carbonyl (C=O) groups is 2. The van der Waals surface area contributed by atoms with E-state index in [0.29, 0.717) is 28.4 Å². The van der Waals surface area contributed by atoms with Gasteiger partial charge in [-0.2, -0.15) is 24.9 Å². The lowest BCUT2D eigenvalue weighted by atomic mass is 9.91. The highest BCUT2D eigenvalue weighted by atomic mass is 32.2. The van der Waals surface area contributed by atoms with Crippen molar-refractivity contribution in [1.82, 2.24) is 5.32 Å². The number of furan rings is 1. The van der Waals surface area contributed by atoms with Gasteiger partial charge in [-0.05, 0) is 89.7 Å². The van der Waals surface area contributed by atoms with Gasteiger partial charge in [0.05, 0.1) is 5.56 Å². The average Bonchev–Trinajstić information content (AvgIpc) is 3.45. The van der Waals surface area contributed by atoms with E-state index in [-0.39, 0.29) is 23.1 Å². The number of benzene rings is 3. The van der Waals surface area contributed by atoms with E-state index in [9.17, 15) is 32.3 Å². The monoisotopic (exact) mass is 601 g/mol. The molecule has 2 atom stereocenters. The molecular formula is C31H27F4NO5S. The Morgan fingerprint density at radius 3 is 2.36 bits per heavy atom. The first-order valence-electron chi connectivity index (χ1n) is 12.7. The Bertz CT molecular complexity index is 1550. The van der Waals surface area contributed by atoms with Crippen molar-refractivity contribution >= 4 is 23.6 Å². The summed E-state index contributed by atoms with van der Waals surface area (Å²) in [5.74, 6) is -1.27. The number of amides is 1. The second-order valence-electron chi connectivity index (χ2n) is 9.32. The molecule has 0 saturated heterocycles. The van der Waals surface area contributed by atoms with Crippen LogP contribution >= 0.6 is 11.8 Å². The predicted octanol–water partition coefficient (Wildman–Crippen LogP) is 7.44.